The van der Waals surface area contributed by atoms with E-state index in [0.29, 0.717) is 40.3 Å². The van der Waals surface area contributed by atoms with Crippen LogP contribution < -0.4 is 15.0 Å². The Hall–Kier alpha value is -5.17. The van der Waals surface area contributed by atoms with Crippen molar-refractivity contribution < 1.29 is 18.7 Å². The van der Waals surface area contributed by atoms with Crippen molar-refractivity contribution in [2.24, 2.45) is 5.41 Å². The summed E-state index contributed by atoms with van der Waals surface area (Å²) in [5.74, 6) is -0.190. The highest BCUT2D eigenvalue weighted by Gasteiger charge is 2.59. The van der Waals surface area contributed by atoms with Crippen molar-refractivity contribution in [3.05, 3.63) is 137 Å². The number of hydrogen-bond donors (Lipinski definition) is 2. The van der Waals surface area contributed by atoms with E-state index in [-0.39, 0.29) is 30.1 Å². The van der Waals surface area contributed by atoms with Crippen LogP contribution in [0.4, 0.5) is 15.8 Å². The summed E-state index contributed by atoms with van der Waals surface area (Å²) in [6, 6.07) is 29.4. The van der Waals surface area contributed by atoms with E-state index in [9.17, 15) is 4.79 Å². The first-order valence-corrected chi connectivity index (χ1v) is 15.1. The number of amides is 1. The molecule has 2 N–H and O–H groups in total. The van der Waals surface area contributed by atoms with Crippen molar-refractivity contribution in [3.8, 4) is 5.75 Å². The number of hydrogen-bond acceptors (Lipinski definition) is 4. The smallest absolute Gasteiger partial charge is 0.247 e. The molecule has 6 nitrogen and oxygen atoms in total. The summed E-state index contributed by atoms with van der Waals surface area (Å²) in [4.78, 5) is 35.1. The molecule has 1 aliphatic heterocycles. The van der Waals surface area contributed by atoms with E-state index in [1.165, 1.54) is 12.1 Å². The molecule has 7 heteroatoms. The molecule has 1 aliphatic carbocycles. The van der Waals surface area contributed by atoms with Gasteiger partial charge in [-0.1, -0.05) is 62.4 Å². The number of aromatic nitrogens is 1. The second kappa shape index (κ2) is 10.8. The van der Waals surface area contributed by atoms with Crippen molar-refractivity contribution >= 4 is 34.0 Å². The van der Waals surface area contributed by atoms with Crippen LogP contribution in [-0.2, 0) is 21.5 Å². The van der Waals surface area contributed by atoms with Gasteiger partial charge in [-0.25, -0.2) is 4.39 Å². The molecule has 0 fully saturated rings. The van der Waals surface area contributed by atoms with E-state index in [2.05, 4.69) is 24.1 Å². The molecule has 0 saturated carbocycles. The summed E-state index contributed by atoms with van der Waals surface area (Å²) in [6.45, 7) is 4.39. The van der Waals surface area contributed by atoms with Gasteiger partial charge in [0.1, 0.15) is 17.0 Å². The normalized spacial score (nSPS) is 19.2. The lowest BCUT2D eigenvalue weighted by Crippen LogP contribution is -2.47. The number of nitrogens with zero attached hydrogens (tertiary/aromatic N) is 1. The van der Waals surface area contributed by atoms with Gasteiger partial charge < -0.3 is 19.9 Å². The lowest BCUT2D eigenvalue weighted by molar-refractivity contribution is -0.125. The number of anilines is 2. The van der Waals surface area contributed by atoms with Gasteiger partial charge in [0, 0.05) is 57.3 Å². The molecule has 1 amide bonds. The highest BCUT2D eigenvalue weighted by molar-refractivity contribution is 6.21. The van der Waals surface area contributed by atoms with Gasteiger partial charge in [0.05, 0.1) is 13.7 Å². The van der Waals surface area contributed by atoms with Gasteiger partial charge in [-0.3, -0.25) is 9.59 Å². The quantitative estimate of drug-likeness (QED) is 0.199. The van der Waals surface area contributed by atoms with Gasteiger partial charge >= 0.3 is 0 Å². The van der Waals surface area contributed by atoms with Crippen molar-refractivity contribution in [2.75, 3.05) is 17.3 Å². The number of benzene rings is 4. The fraction of sp³-hybridized carbons (Fsp3) is 0.211. The van der Waals surface area contributed by atoms with E-state index < -0.39 is 11.2 Å². The Morgan fingerprint density at radius 2 is 1.62 bits per heavy atom. The van der Waals surface area contributed by atoms with Crippen LogP contribution in [-0.4, -0.2) is 23.8 Å². The minimum absolute atomic E-state index is 0.141. The molecular weight excluding hydrogens is 565 g/mol. The molecule has 5 aromatic rings. The van der Waals surface area contributed by atoms with Crippen LogP contribution in [0, 0.1) is 11.2 Å². The van der Waals surface area contributed by atoms with Crippen LogP contribution in [0.2, 0.25) is 0 Å². The maximum Gasteiger partial charge on any atom is 0.247 e. The topological polar surface area (TPSA) is 74.4 Å². The minimum Gasteiger partial charge on any atom is -0.497 e. The van der Waals surface area contributed by atoms with Crippen molar-refractivity contribution in [1.82, 2.24) is 4.98 Å². The number of nitrogens with one attached hydrogen (secondary N) is 2. The Labute approximate surface area is 261 Å². The number of carbonyl (C=O) groups excluding carboxylic acids is 2. The third-order valence-electron chi connectivity index (χ3n) is 9.03. The van der Waals surface area contributed by atoms with Crippen molar-refractivity contribution in [3.63, 3.8) is 0 Å². The molecular formula is C38H34FN3O3. The number of fused-ring (bicyclic) bond motifs is 2. The lowest BCUT2D eigenvalue weighted by Gasteiger charge is -2.40. The number of ether oxygens (including phenoxy) is 1. The Balaban J connectivity index is 1.55. The number of aromatic amines is 1. The highest BCUT2D eigenvalue weighted by Crippen LogP contribution is 2.56. The number of allylic oxidation sites excluding steroid dienone is 1. The second-order valence-corrected chi connectivity index (χ2v) is 12.7. The third kappa shape index (κ3) is 4.70. The number of halogens is 1. The zero-order chi connectivity index (χ0) is 31.3. The number of para-hydroxylation sites is 1. The van der Waals surface area contributed by atoms with Crippen molar-refractivity contribution in [1.29, 1.82) is 0 Å². The molecule has 0 saturated heterocycles. The number of carbonyl (C=O) groups is 2. The predicted molar refractivity (Wildman–Crippen MR) is 175 cm³/mol. The predicted octanol–water partition coefficient (Wildman–Crippen LogP) is 7.90. The molecule has 2 aliphatic rings. The monoisotopic (exact) mass is 599 g/mol. The van der Waals surface area contributed by atoms with Gasteiger partial charge in [-0.15, -0.1) is 0 Å². The van der Waals surface area contributed by atoms with Crippen LogP contribution >= 0.6 is 0 Å². The van der Waals surface area contributed by atoms with E-state index in [1.54, 1.807) is 18.1 Å². The zero-order valence-electron chi connectivity index (χ0n) is 25.5. The Bertz CT molecular complexity index is 1980. The Morgan fingerprint density at radius 3 is 2.38 bits per heavy atom. The fourth-order valence-electron chi connectivity index (χ4n) is 7.12. The number of H-pyrrole nitrogens is 1. The summed E-state index contributed by atoms with van der Waals surface area (Å²) in [7, 11) is 1.61. The standard InChI is InChI=1S/C38H34FN3O3/c1-37(2)20-32(41-26-14-16-27(45-3)17-15-26)35(34(43)21-37)38(30-22-40-31-12-8-7-11-28(30)31)29-19-25(39)13-18-33(29)42(36(38)44)23-24-9-5-4-6-10-24/h4-19,22,40-41H,20-21,23H2,1-3H3/t38-/m1/s1. The first-order chi connectivity index (χ1) is 21.7. The molecule has 0 spiro atoms. The molecule has 0 unspecified atom stereocenters. The number of rotatable bonds is 7. The van der Waals surface area contributed by atoms with E-state index in [1.807, 2.05) is 85.1 Å². The molecule has 7 rings (SSSR count). The highest BCUT2D eigenvalue weighted by atomic mass is 19.1. The summed E-state index contributed by atoms with van der Waals surface area (Å²) < 4.78 is 20.7. The fourth-order valence-corrected chi connectivity index (χ4v) is 7.12. The minimum atomic E-state index is -1.60. The zero-order valence-corrected chi connectivity index (χ0v) is 25.5. The maximum atomic E-state index is 15.4. The summed E-state index contributed by atoms with van der Waals surface area (Å²) in [6.07, 6.45) is 2.58. The maximum absolute atomic E-state index is 15.4. The van der Waals surface area contributed by atoms with Crippen LogP contribution in [0.3, 0.4) is 0 Å². The van der Waals surface area contributed by atoms with E-state index >= 15 is 9.18 Å². The molecule has 0 bridgehead atoms. The SMILES string of the molecule is COc1ccc(NC2=C([C@@]3(c4c[nH]c5ccccc45)C(=O)N(Cc4ccccc4)c4ccc(F)cc43)C(=O)CC(C)(C)C2)cc1. The molecule has 2 heterocycles. The van der Waals surface area contributed by atoms with E-state index in [4.69, 9.17) is 4.74 Å². The number of methoxy groups -OCH3 is 1. The molecule has 1 atom stereocenters. The molecule has 226 valence electrons. The molecule has 4 aromatic carbocycles. The third-order valence-corrected chi connectivity index (χ3v) is 9.03. The number of ketones is 1. The molecule has 45 heavy (non-hydrogen) atoms. The van der Waals surface area contributed by atoms with Gasteiger partial charge in [-0.2, -0.15) is 0 Å². The van der Waals surface area contributed by atoms with Crippen molar-refractivity contribution in [2.45, 2.75) is 38.6 Å². The average Bonchev–Trinajstić information content (AvgIpc) is 3.55. The van der Waals surface area contributed by atoms with Gasteiger partial charge in [-0.05, 0) is 65.9 Å². The summed E-state index contributed by atoms with van der Waals surface area (Å²) in [5.41, 5.74) is 3.23. The first kappa shape index (κ1) is 28.6. The van der Waals surface area contributed by atoms with Crippen LogP contribution in [0.15, 0.2) is 115 Å². The Morgan fingerprint density at radius 1 is 0.889 bits per heavy atom. The van der Waals surface area contributed by atoms with Gasteiger partial charge in [0.15, 0.2) is 5.78 Å². The van der Waals surface area contributed by atoms with Gasteiger partial charge in [0.25, 0.3) is 0 Å². The second-order valence-electron chi connectivity index (χ2n) is 12.7. The lowest BCUT2D eigenvalue weighted by atomic mass is 9.62. The van der Waals surface area contributed by atoms with Crippen LogP contribution in [0.25, 0.3) is 10.9 Å². The van der Waals surface area contributed by atoms with E-state index in [0.717, 1.165) is 22.2 Å². The first-order valence-electron chi connectivity index (χ1n) is 15.1. The van der Waals surface area contributed by atoms with Crippen LogP contribution in [0.5, 0.6) is 5.75 Å². The number of Topliss-reactive ketones (excluding diaryl/α,β-unsaturated/α-hetero) is 1. The largest absolute Gasteiger partial charge is 0.497 e. The molecule has 1 aromatic heterocycles. The summed E-state index contributed by atoms with van der Waals surface area (Å²) in [5, 5.41) is 4.34. The Kier molecular flexibility index (Phi) is 6.84. The molecule has 0 radical (unpaired) electrons. The average molecular weight is 600 g/mol. The summed E-state index contributed by atoms with van der Waals surface area (Å²) >= 11 is 0. The van der Waals surface area contributed by atoms with Crippen LogP contribution in [0.1, 0.15) is 43.4 Å². The van der Waals surface area contributed by atoms with Gasteiger partial charge in [0.2, 0.25) is 5.91 Å².